The van der Waals surface area contributed by atoms with Crippen molar-refractivity contribution in [3.8, 4) is 0 Å². The van der Waals surface area contributed by atoms with Crippen LogP contribution in [0.5, 0.6) is 0 Å². The number of amides is 2. The van der Waals surface area contributed by atoms with Crippen molar-refractivity contribution in [1.29, 1.82) is 0 Å². The number of rotatable bonds is 4. The summed E-state index contributed by atoms with van der Waals surface area (Å²) in [5, 5.41) is 15.6. The first-order chi connectivity index (χ1) is 9.58. The Hall–Kier alpha value is -1.92. The maximum atomic E-state index is 11.9. The molecule has 1 saturated carbocycles. The van der Waals surface area contributed by atoms with Crippen molar-refractivity contribution >= 4 is 23.5 Å². The van der Waals surface area contributed by atoms with Crippen LogP contribution in [0.1, 0.15) is 38.5 Å². The van der Waals surface area contributed by atoms with Crippen molar-refractivity contribution in [2.24, 2.45) is 16.9 Å². The maximum absolute atomic E-state index is 11.9. The monoisotopic (exact) mass is 281 g/mol. The standard InChI is InChI=1S/C13H19N3O4/c17-11-6-5-10(15-16-11)12(18)14-7-8-3-1-2-4-9(8)13(19)20/h8-9H,1-7H2,(H,14,18)(H,16,17)(H,19,20). The Morgan fingerprint density at radius 1 is 1.30 bits per heavy atom. The molecule has 110 valence electrons. The molecule has 2 aliphatic rings. The van der Waals surface area contributed by atoms with E-state index in [1.165, 1.54) is 0 Å². The molecule has 0 saturated heterocycles. The van der Waals surface area contributed by atoms with E-state index < -0.39 is 5.97 Å². The van der Waals surface area contributed by atoms with Crippen LogP contribution in [0.4, 0.5) is 0 Å². The summed E-state index contributed by atoms with van der Waals surface area (Å²) in [6.45, 7) is 0.350. The highest BCUT2D eigenvalue weighted by atomic mass is 16.4. The third-order valence-electron chi connectivity index (χ3n) is 3.92. The fourth-order valence-electron chi connectivity index (χ4n) is 2.74. The van der Waals surface area contributed by atoms with Gasteiger partial charge in [0.1, 0.15) is 5.71 Å². The zero-order valence-corrected chi connectivity index (χ0v) is 11.2. The van der Waals surface area contributed by atoms with Crippen LogP contribution >= 0.6 is 0 Å². The highest BCUT2D eigenvalue weighted by molar-refractivity contribution is 6.39. The van der Waals surface area contributed by atoms with E-state index in [0.717, 1.165) is 19.3 Å². The lowest BCUT2D eigenvalue weighted by Crippen LogP contribution is -2.41. The lowest BCUT2D eigenvalue weighted by molar-refractivity contribution is -0.145. The third kappa shape index (κ3) is 3.55. The van der Waals surface area contributed by atoms with Gasteiger partial charge < -0.3 is 10.4 Å². The maximum Gasteiger partial charge on any atom is 0.306 e. The Morgan fingerprint density at radius 2 is 2.05 bits per heavy atom. The van der Waals surface area contributed by atoms with Gasteiger partial charge in [0.05, 0.1) is 5.92 Å². The second-order valence-electron chi connectivity index (χ2n) is 5.29. The van der Waals surface area contributed by atoms with Gasteiger partial charge in [0.15, 0.2) is 0 Å². The van der Waals surface area contributed by atoms with Gasteiger partial charge in [-0.2, -0.15) is 5.10 Å². The molecule has 2 unspecified atom stereocenters. The van der Waals surface area contributed by atoms with E-state index in [2.05, 4.69) is 15.8 Å². The summed E-state index contributed by atoms with van der Waals surface area (Å²) in [6, 6.07) is 0. The van der Waals surface area contributed by atoms with Crippen molar-refractivity contribution in [2.75, 3.05) is 6.54 Å². The number of nitrogens with zero attached hydrogens (tertiary/aromatic N) is 1. The molecule has 7 heteroatoms. The molecule has 0 bridgehead atoms. The Balaban J connectivity index is 1.86. The summed E-state index contributed by atoms with van der Waals surface area (Å²) in [5.41, 5.74) is 2.57. The molecule has 0 aromatic rings. The van der Waals surface area contributed by atoms with Gasteiger partial charge in [-0.25, -0.2) is 5.43 Å². The van der Waals surface area contributed by atoms with Crippen LogP contribution in [0.2, 0.25) is 0 Å². The zero-order valence-electron chi connectivity index (χ0n) is 11.2. The van der Waals surface area contributed by atoms with Crippen LogP contribution in [0, 0.1) is 11.8 Å². The molecule has 0 spiro atoms. The molecule has 1 heterocycles. The molecular formula is C13H19N3O4. The normalized spacial score (nSPS) is 26.4. The van der Waals surface area contributed by atoms with E-state index in [-0.39, 0.29) is 30.1 Å². The van der Waals surface area contributed by atoms with Gasteiger partial charge in [-0.3, -0.25) is 14.4 Å². The quantitative estimate of drug-likeness (QED) is 0.686. The molecule has 0 radical (unpaired) electrons. The predicted molar refractivity (Wildman–Crippen MR) is 70.9 cm³/mol. The Kier molecular flexibility index (Phi) is 4.70. The second-order valence-corrected chi connectivity index (χ2v) is 5.29. The molecule has 20 heavy (non-hydrogen) atoms. The minimum Gasteiger partial charge on any atom is -0.481 e. The van der Waals surface area contributed by atoms with E-state index in [9.17, 15) is 14.4 Å². The van der Waals surface area contributed by atoms with Crippen LogP contribution in [0.3, 0.4) is 0 Å². The number of hydrogen-bond donors (Lipinski definition) is 3. The van der Waals surface area contributed by atoms with Gasteiger partial charge in [0, 0.05) is 19.4 Å². The lowest BCUT2D eigenvalue weighted by atomic mass is 9.79. The first-order valence-corrected chi connectivity index (χ1v) is 6.94. The van der Waals surface area contributed by atoms with Crippen molar-refractivity contribution in [2.45, 2.75) is 38.5 Å². The first-order valence-electron chi connectivity index (χ1n) is 6.94. The molecule has 7 nitrogen and oxygen atoms in total. The molecule has 1 aliphatic carbocycles. The molecule has 3 N–H and O–H groups in total. The van der Waals surface area contributed by atoms with Gasteiger partial charge in [0.2, 0.25) is 5.91 Å². The van der Waals surface area contributed by atoms with Gasteiger partial charge in [-0.05, 0) is 18.8 Å². The second kappa shape index (κ2) is 6.49. The Bertz CT molecular complexity index is 447. The average molecular weight is 281 g/mol. The molecule has 2 amide bonds. The summed E-state index contributed by atoms with van der Waals surface area (Å²) in [6.07, 6.45) is 4.01. The topological polar surface area (TPSA) is 108 Å². The minimum absolute atomic E-state index is 0.0241. The van der Waals surface area contributed by atoms with Gasteiger partial charge in [0.25, 0.3) is 5.91 Å². The van der Waals surface area contributed by atoms with E-state index in [1.807, 2.05) is 0 Å². The number of hydrazone groups is 1. The zero-order chi connectivity index (χ0) is 14.5. The largest absolute Gasteiger partial charge is 0.481 e. The van der Waals surface area contributed by atoms with Gasteiger partial charge in [-0.15, -0.1) is 0 Å². The molecule has 0 aromatic heterocycles. The number of carbonyl (C=O) groups excluding carboxylic acids is 2. The number of carboxylic acid groups (broad SMARTS) is 1. The van der Waals surface area contributed by atoms with E-state index in [0.29, 0.717) is 25.1 Å². The lowest BCUT2D eigenvalue weighted by Gasteiger charge is -2.28. The smallest absolute Gasteiger partial charge is 0.306 e. The number of carboxylic acids is 1. The number of nitrogens with one attached hydrogen (secondary N) is 2. The van der Waals surface area contributed by atoms with E-state index in [1.54, 1.807) is 0 Å². The first kappa shape index (κ1) is 14.5. The molecule has 1 fully saturated rings. The van der Waals surface area contributed by atoms with Crippen LogP contribution in [0.25, 0.3) is 0 Å². The fourth-order valence-corrected chi connectivity index (χ4v) is 2.74. The van der Waals surface area contributed by atoms with Crippen molar-refractivity contribution in [3.63, 3.8) is 0 Å². The number of carbonyl (C=O) groups is 3. The van der Waals surface area contributed by atoms with Crippen LogP contribution in [0.15, 0.2) is 5.10 Å². The average Bonchev–Trinajstić information content (AvgIpc) is 2.45. The highest BCUT2D eigenvalue weighted by Crippen LogP contribution is 2.29. The number of hydrogen-bond acceptors (Lipinski definition) is 4. The number of aliphatic carboxylic acids is 1. The van der Waals surface area contributed by atoms with Crippen LogP contribution in [-0.4, -0.2) is 35.1 Å². The predicted octanol–water partition coefficient (Wildman–Crippen LogP) is 0.260. The summed E-state index contributed by atoms with van der Waals surface area (Å²) in [5.74, 6) is -1.70. The summed E-state index contributed by atoms with van der Waals surface area (Å²) >= 11 is 0. The van der Waals surface area contributed by atoms with Crippen LogP contribution < -0.4 is 10.7 Å². The fraction of sp³-hybridized carbons (Fsp3) is 0.692. The molecule has 1 aliphatic heterocycles. The van der Waals surface area contributed by atoms with E-state index in [4.69, 9.17) is 5.11 Å². The minimum atomic E-state index is -0.786. The molecule has 2 rings (SSSR count). The SMILES string of the molecule is O=C1CCC(C(=O)NCC2CCCCC2C(=O)O)=NN1. The summed E-state index contributed by atoms with van der Waals surface area (Å²) in [7, 11) is 0. The third-order valence-corrected chi connectivity index (χ3v) is 3.92. The highest BCUT2D eigenvalue weighted by Gasteiger charge is 2.31. The van der Waals surface area contributed by atoms with E-state index >= 15 is 0 Å². The van der Waals surface area contributed by atoms with Crippen molar-refractivity contribution < 1.29 is 19.5 Å². The van der Waals surface area contributed by atoms with Crippen molar-refractivity contribution in [1.82, 2.24) is 10.7 Å². The van der Waals surface area contributed by atoms with Gasteiger partial charge in [-0.1, -0.05) is 12.8 Å². The van der Waals surface area contributed by atoms with Gasteiger partial charge >= 0.3 is 5.97 Å². The molecule has 2 atom stereocenters. The summed E-state index contributed by atoms with van der Waals surface area (Å²) in [4.78, 5) is 34.0. The Labute approximate surface area is 116 Å². The van der Waals surface area contributed by atoms with Crippen LogP contribution in [-0.2, 0) is 14.4 Å². The summed E-state index contributed by atoms with van der Waals surface area (Å²) < 4.78 is 0. The molecule has 0 aromatic carbocycles. The van der Waals surface area contributed by atoms with Crippen molar-refractivity contribution in [3.05, 3.63) is 0 Å². The Morgan fingerprint density at radius 3 is 2.70 bits per heavy atom. The molecular weight excluding hydrogens is 262 g/mol.